The van der Waals surface area contributed by atoms with E-state index in [2.05, 4.69) is 19.8 Å². The SMILES string of the molecule is COC(=O)c1c(C)[nH]c(C(=O)CN2CCN(Cc3ccccn3)CC2)c1C. The number of nitrogens with one attached hydrogen (secondary N) is 1. The highest BCUT2D eigenvalue weighted by Gasteiger charge is 2.25. The van der Waals surface area contributed by atoms with Gasteiger partial charge in [-0.25, -0.2) is 4.79 Å². The number of hydrogen-bond donors (Lipinski definition) is 1. The molecule has 0 aromatic carbocycles. The average molecular weight is 370 g/mol. The molecule has 27 heavy (non-hydrogen) atoms. The topological polar surface area (TPSA) is 78.5 Å². The molecular weight excluding hydrogens is 344 g/mol. The van der Waals surface area contributed by atoms with Crippen molar-refractivity contribution in [2.24, 2.45) is 0 Å². The van der Waals surface area contributed by atoms with Crippen LogP contribution in [0.5, 0.6) is 0 Å². The lowest BCUT2D eigenvalue weighted by molar-refractivity contribution is 0.0599. The van der Waals surface area contributed by atoms with Crippen LogP contribution in [0.4, 0.5) is 0 Å². The number of piperazine rings is 1. The number of ketones is 1. The summed E-state index contributed by atoms with van der Waals surface area (Å²) in [7, 11) is 1.35. The molecule has 0 amide bonds. The Morgan fingerprint density at radius 3 is 2.48 bits per heavy atom. The minimum atomic E-state index is -0.413. The Balaban J connectivity index is 1.56. The number of pyridine rings is 1. The van der Waals surface area contributed by atoms with E-state index in [9.17, 15) is 9.59 Å². The van der Waals surface area contributed by atoms with Gasteiger partial charge < -0.3 is 9.72 Å². The summed E-state index contributed by atoms with van der Waals surface area (Å²) in [4.78, 5) is 36.6. The third kappa shape index (κ3) is 4.43. The summed E-state index contributed by atoms with van der Waals surface area (Å²) in [5, 5.41) is 0. The molecule has 1 saturated heterocycles. The molecule has 1 N–H and O–H groups in total. The number of rotatable bonds is 6. The number of aryl methyl sites for hydroxylation is 1. The van der Waals surface area contributed by atoms with E-state index in [4.69, 9.17) is 4.74 Å². The summed E-state index contributed by atoms with van der Waals surface area (Å²) < 4.78 is 4.81. The number of carbonyl (C=O) groups is 2. The van der Waals surface area contributed by atoms with Gasteiger partial charge in [0.1, 0.15) is 0 Å². The molecule has 0 saturated carbocycles. The zero-order valence-corrected chi connectivity index (χ0v) is 16.1. The lowest BCUT2D eigenvalue weighted by Gasteiger charge is -2.34. The third-order valence-corrected chi connectivity index (χ3v) is 5.05. The first-order valence-electron chi connectivity index (χ1n) is 9.15. The Bertz CT molecular complexity index is 808. The molecule has 0 radical (unpaired) electrons. The maximum Gasteiger partial charge on any atom is 0.339 e. The van der Waals surface area contributed by atoms with Gasteiger partial charge in [0.05, 0.1) is 30.6 Å². The zero-order valence-electron chi connectivity index (χ0n) is 16.1. The molecule has 1 aliphatic heterocycles. The molecule has 0 bridgehead atoms. The standard InChI is InChI=1S/C20H26N4O3/c1-14-18(20(26)27-3)15(2)22-19(14)17(25)13-24-10-8-23(9-11-24)12-16-6-4-5-7-21-16/h4-7,22H,8-13H2,1-3H3. The van der Waals surface area contributed by atoms with E-state index in [-0.39, 0.29) is 5.78 Å². The highest BCUT2D eigenvalue weighted by molar-refractivity contribution is 6.02. The quantitative estimate of drug-likeness (QED) is 0.617. The van der Waals surface area contributed by atoms with Crippen LogP contribution >= 0.6 is 0 Å². The number of methoxy groups -OCH3 is 1. The maximum atomic E-state index is 12.7. The molecule has 0 atom stereocenters. The van der Waals surface area contributed by atoms with E-state index in [1.54, 1.807) is 13.8 Å². The highest BCUT2D eigenvalue weighted by Crippen LogP contribution is 2.20. The van der Waals surface area contributed by atoms with E-state index in [1.807, 2.05) is 24.4 Å². The highest BCUT2D eigenvalue weighted by atomic mass is 16.5. The normalized spacial score (nSPS) is 15.7. The molecular formula is C20H26N4O3. The Kier molecular flexibility index (Phi) is 6.03. The second-order valence-corrected chi connectivity index (χ2v) is 6.91. The van der Waals surface area contributed by atoms with Crippen molar-refractivity contribution in [1.82, 2.24) is 19.8 Å². The van der Waals surface area contributed by atoms with Crippen LogP contribution in [0.3, 0.4) is 0 Å². The Morgan fingerprint density at radius 2 is 1.85 bits per heavy atom. The lowest BCUT2D eigenvalue weighted by atomic mass is 10.1. The monoisotopic (exact) mass is 370 g/mol. The Hall–Kier alpha value is -2.51. The summed E-state index contributed by atoms with van der Waals surface area (Å²) in [5.41, 5.74) is 3.36. The molecule has 2 aromatic rings. The van der Waals surface area contributed by atoms with Gasteiger partial charge in [0.15, 0.2) is 5.78 Å². The van der Waals surface area contributed by atoms with E-state index < -0.39 is 5.97 Å². The maximum absolute atomic E-state index is 12.7. The summed E-state index contributed by atoms with van der Waals surface area (Å²) in [6, 6.07) is 5.95. The fraction of sp³-hybridized carbons (Fsp3) is 0.450. The van der Waals surface area contributed by atoms with Crippen molar-refractivity contribution in [2.75, 3.05) is 39.8 Å². The van der Waals surface area contributed by atoms with Gasteiger partial charge in [0, 0.05) is 44.6 Å². The second kappa shape index (κ2) is 8.45. The predicted molar refractivity (Wildman–Crippen MR) is 102 cm³/mol. The number of esters is 1. The van der Waals surface area contributed by atoms with Crippen LogP contribution in [-0.4, -0.2) is 71.4 Å². The molecule has 3 rings (SSSR count). The average Bonchev–Trinajstić information content (AvgIpc) is 2.98. The summed E-state index contributed by atoms with van der Waals surface area (Å²) in [6.45, 7) is 8.22. The van der Waals surface area contributed by atoms with Crippen molar-refractivity contribution in [3.63, 3.8) is 0 Å². The molecule has 7 nitrogen and oxygen atoms in total. The number of hydrogen-bond acceptors (Lipinski definition) is 6. The summed E-state index contributed by atoms with van der Waals surface area (Å²) >= 11 is 0. The number of carbonyl (C=O) groups excluding carboxylic acids is 2. The summed E-state index contributed by atoms with van der Waals surface area (Å²) in [6.07, 6.45) is 1.81. The molecule has 0 spiro atoms. The molecule has 144 valence electrons. The van der Waals surface area contributed by atoms with Crippen molar-refractivity contribution in [3.05, 3.63) is 52.6 Å². The number of aromatic amines is 1. The minimum Gasteiger partial charge on any atom is -0.465 e. The van der Waals surface area contributed by atoms with Gasteiger partial charge in [0.2, 0.25) is 0 Å². The van der Waals surface area contributed by atoms with Gasteiger partial charge in [-0.2, -0.15) is 0 Å². The fourth-order valence-corrected chi connectivity index (χ4v) is 3.55. The largest absolute Gasteiger partial charge is 0.465 e. The molecule has 0 unspecified atom stereocenters. The van der Waals surface area contributed by atoms with Crippen LogP contribution in [-0.2, 0) is 11.3 Å². The van der Waals surface area contributed by atoms with Crippen molar-refractivity contribution in [1.29, 1.82) is 0 Å². The Labute approximate surface area is 159 Å². The second-order valence-electron chi connectivity index (χ2n) is 6.91. The van der Waals surface area contributed by atoms with Gasteiger partial charge in [-0.1, -0.05) is 6.07 Å². The summed E-state index contributed by atoms with van der Waals surface area (Å²) in [5.74, 6) is -0.410. The number of Topliss-reactive ketones (excluding diaryl/α,β-unsaturated/α-hetero) is 1. The first-order valence-corrected chi connectivity index (χ1v) is 9.15. The van der Waals surface area contributed by atoms with Crippen LogP contribution in [0.2, 0.25) is 0 Å². The van der Waals surface area contributed by atoms with E-state index >= 15 is 0 Å². The minimum absolute atomic E-state index is 0.00364. The van der Waals surface area contributed by atoms with Gasteiger partial charge in [-0.3, -0.25) is 19.6 Å². The van der Waals surface area contributed by atoms with E-state index in [0.29, 0.717) is 29.1 Å². The third-order valence-electron chi connectivity index (χ3n) is 5.05. The Morgan fingerprint density at radius 1 is 1.15 bits per heavy atom. The van der Waals surface area contributed by atoms with Crippen LogP contribution in [0.25, 0.3) is 0 Å². The first-order chi connectivity index (χ1) is 13.0. The van der Waals surface area contributed by atoms with Gasteiger partial charge in [-0.05, 0) is 31.5 Å². The predicted octanol–water partition coefficient (Wildman–Crippen LogP) is 1.81. The van der Waals surface area contributed by atoms with Crippen LogP contribution in [0, 0.1) is 13.8 Å². The van der Waals surface area contributed by atoms with E-state index in [0.717, 1.165) is 38.4 Å². The van der Waals surface area contributed by atoms with Gasteiger partial charge >= 0.3 is 5.97 Å². The molecule has 7 heteroatoms. The molecule has 1 aliphatic rings. The van der Waals surface area contributed by atoms with Crippen molar-refractivity contribution in [3.8, 4) is 0 Å². The van der Waals surface area contributed by atoms with Crippen LogP contribution in [0.15, 0.2) is 24.4 Å². The van der Waals surface area contributed by atoms with Crippen molar-refractivity contribution >= 4 is 11.8 Å². The van der Waals surface area contributed by atoms with Crippen LogP contribution in [0.1, 0.15) is 37.8 Å². The molecule has 2 aromatic heterocycles. The van der Waals surface area contributed by atoms with Gasteiger partial charge in [0.25, 0.3) is 0 Å². The number of ether oxygens (including phenoxy) is 1. The van der Waals surface area contributed by atoms with Crippen LogP contribution < -0.4 is 0 Å². The smallest absolute Gasteiger partial charge is 0.339 e. The zero-order chi connectivity index (χ0) is 19.4. The van der Waals surface area contributed by atoms with Crippen molar-refractivity contribution < 1.29 is 14.3 Å². The number of H-pyrrole nitrogens is 1. The van der Waals surface area contributed by atoms with Gasteiger partial charge in [-0.15, -0.1) is 0 Å². The molecule has 3 heterocycles. The number of aromatic nitrogens is 2. The number of nitrogens with zero attached hydrogens (tertiary/aromatic N) is 3. The fourth-order valence-electron chi connectivity index (χ4n) is 3.55. The van der Waals surface area contributed by atoms with E-state index in [1.165, 1.54) is 7.11 Å². The lowest BCUT2D eigenvalue weighted by Crippen LogP contribution is -2.47. The molecule has 0 aliphatic carbocycles. The molecule has 1 fully saturated rings. The first kappa shape index (κ1) is 19.3. The van der Waals surface area contributed by atoms with Crippen molar-refractivity contribution in [2.45, 2.75) is 20.4 Å².